The zero-order valence-electron chi connectivity index (χ0n) is 13.3. The van der Waals surface area contributed by atoms with Crippen molar-refractivity contribution >= 4 is 5.91 Å². The highest BCUT2D eigenvalue weighted by Crippen LogP contribution is 2.24. The molecule has 22 heavy (non-hydrogen) atoms. The van der Waals surface area contributed by atoms with E-state index in [1.165, 1.54) is 5.56 Å². The van der Waals surface area contributed by atoms with Crippen molar-refractivity contribution in [2.45, 2.75) is 38.6 Å². The summed E-state index contributed by atoms with van der Waals surface area (Å²) in [6, 6.07) is 10.9. The summed E-state index contributed by atoms with van der Waals surface area (Å²) < 4.78 is 1.77. The fourth-order valence-electron chi connectivity index (χ4n) is 3.24. The summed E-state index contributed by atoms with van der Waals surface area (Å²) in [5.41, 5.74) is 3.03. The molecule has 0 saturated carbocycles. The minimum Gasteiger partial charge on any atom is -0.336 e. The van der Waals surface area contributed by atoms with Gasteiger partial charge in [0.2, 0.25) is 0 Å². The predicted molar refractivity (Wildman–Crippen MR) is 86.8 cm³/mol. The quantitative estimate of drug-likeness (QED) is 0.870. The molecular weight excluding hydrogens is 274 g/mol. The summed E-state index contributed by atoms with van der Waals surface area (Å²) >= 11 is 0. The van der Waals surface area contributed by atoms with Crippen LogP contribution < -0.4 is 0 Å². The molecule has 1 aromatic heterocycles. The number of aromatic nitrogens is 2. The predicted octanol–water partition coefficient (Wildman–Crippen LogP) is 2.97. The normalized spacial score (nSPS) is 17.9. The van der Waals surface area contributed by atoms with Gasteiger partial charge in [0.25, 0.3) is 5.91 Å². The van der Waals surface area contributed by atoms with Crippen LogP contribution in [0, 0.1) is 6.92 Å². The summed E-state index contributed by atoms with van der Waals surface area (Å²) in [6.07, 6.45) is 5.98. The molecule has 0 spiro atoms. The lowest BCUT2D eigenvalue weighted by Crippen LogP contribution is -2.36. The molecule has 4 heteroatoms. The molecule has 1 aromatic carbocycles. The number of aryl methyl sites for hydroxylation is 2. The topological polar surface area (TPSA) is 38.1 Å². The van der Waals surface area contributed by atoms with Gasteiger partial charge >= 0.3 is 0 Å². The van der Waals surface area contributed by atoms with Gasteiger partial charge in [-0.15, -0.1) is 0 Å². The zero-order valence-corrected chi connectivity index (χ0v) is 13.3. The summed E-state index contributed by atoms with van der Waals surface area (Å²) in [4.78, 5) is 14.8. The molecule has 0 unspecified atom stereocenters. The fourth-order valence-corrected chi connectivity index (χ4v) is 3.24. The largest absolute Gasteiger partial charge is 0.336 e. The fraction of sp³-hybridized carbons (Fsp3) is 0.444. The second-order valence-corrected chi connectivity index (χ2v) is 6.09. The number of likely N-dealkylation sites (tertiary alicyclic amines) is 1. The van der Waals surface area contributed by atoms with Gasteiger partial charge in [0.1, 0.15) is 0 Å². The Labute approximate surface area is 131 Å². The van der Waals surface area contributed by atoms with E-state index in [-0.39, 0.29) is 5.91 Å². The second kappa shape index (κ2) is 6.34. The summed E-state index contributed by atoms with van der Waals surface area (Å²) in [7, 11) is 1.88. The van der Waals surface area contributed by atoms with Crippen LogP contribution in [0.15, 0.2) is 36.5 Å². The Kier molecular flexibility index (Phi) is 4.27. The number of benzene rings is 1. The summed E-state index contributed by atoms with van der Waals surface area (Å²) in [6.45, 7) is 2.82. The van der Waals surface area contributed by atoms with Gasteiger partial charge in [-0.05, 0) is 38.2 Å². The highest BCUT2D eigenvalue weighted by molar-refractivity contribution is 5.95. The minimum atomic E-state index is 0.140. The van der Waals surface area contributed by atoms with Crippen molar-refractivity contribution in [2.75, 3.05) is 6.54 Å². The first kappa shape index (κ1) is 14.8. The number of nitrogens with zero attached hydrogens (tertiary/aromatic N) is 3. The molecule has 1 aliphatic heterocycles. The standard InChI is InChI=1S/C18H23N3O/c1-14-17(13-19-20(14)2)18(22)21-12-6-9-16(21)11-10-15-7-4-3-5-8-15/h3-5,7-8,13,16H,6,9-12H2,1-2H3/t16-/m0/s1. The average molecular weight is 297 g/mol. The molecular formula is C18H23N3O. The first-order valence-corrected chi connectivity index (χ1v) is 8.00. The highest BCUT2D eigenvalue weighted by atomic mass is 16.2. The van der Waals surface area contributed by atoms with E-state index in [0.717, 1.165) is 43.5 Å². The van der Waals surface area contributed by atoms with Gasteiger partial charge in [-0.25, -0.2) is 0 Å². The van der Waals surface area contributed by atoms with Crippen LogP contribution in [0.4, 0.5) is 0 Å². The van der Waals surface area contributed by atoms with Crippen molar-refractivity contribution in [2.24, 2.45) is 7.05 Å². The van der Waals surface area contributed by atoms with Crippen molar-refractivity contribution in [3.8, 4) is 0 Å². The monoisotopic (exact) mass is 297 g/mol. The van der Waals surface area contributed by atoms with Crippen LogP contribution in [-0.4, -0.2) is 33.2 Å². The third kappa shape index (κ3) is 2.91. The van der Waals surface area contributed by atoms with E-state index in [1.54, 1.807) is 10.9 Å². The third-order valence-corrected chi connectivity index (χ3v) is 4.71. The third-order valence-electron chi connectivity index (χ3n) is 4.71. The number of rotatable bonds is 4. The molecule has 2 aromatic rings. The molecule has 0 radical (unpaired) electrons. The second-order valence-electron chi connectivity index (χ2n) is 6.09. The minimum absolute atomic E-state index is 0.140. The molecule has 1 saturated heterocycles. The molecule has 0 bridgehead atoms. The van der Waals surface area contributed by atoms with Crippen molar-refractivity contribution < 1.29 is 4.79 Å². The number of hydrogen-bond acceptors (Lipinski definition) is 2. The molecule has 1 fully saturated rings. The number of carbonyl (C=O) groups excluding carboxylic acids is 1. The van der Waals surface area contributed by atoms with E-state index >= 15 is 0 Å². The van der Waals surface area contributed by atoms with Gasteiger partial charge in [-0.3, -0.25) is 9.48 Å². The maximum absolute atomic E-state index is 12.8. The van der Waals surface area contributed by atoms with Crippen LogP contribution in [0.3, 0.4) is 0 Å². The van der Waals surface area contributed by atoms with Crippen LogP contribution in [0.1, 0.15) is 40.9 Å². The molecule has 1 aliphatic rings. The molecule has 3 rings (SSSR count). The molecule has 1 atom stereocenters. The van der Waals surface area contributed by atoms with Gasteiger partial charge in [0.05, 0.1) is 11.8 Å². The molecule has 0 aliphatic carbocycles. The molecule has 4 nitrogen and oxygen atoms in total. The Hall–Kier alpha value is -2.10. The average Bonchev–Trinajstić information content (AvgIpc) is 3.14. The Bertz CT molecular complexity index is 648. The maximum Gasteiger partial charge on any atom is 0.257 e. The summed E-state index contributed by atoms with van der Waals surface area (Å²) in [5.74, 6) is 0.140. The van der Waals surface area contributed by atoms with Gasteiger partial charge in [0.15, 0.2) is 0 Å². The maximum atomic E-state index is 12.8. The number of hydrogen-bond donors (Lipinski definition) is 0. The van der Waals surface area contributed by atoms with Crippen molar-refractivity contribution in [1.29, 1.82) is 0 Å². The lowest BCUT2D eigenvalue weighted by molar-refractivity contribution is 0.0730. The van der Waals surface area contributed by atoms with E-state index < -0.39 is 0 Å². The lowest BCUT2D eigenvalue weighted by atomic mass is 10.0. The Balaban J connectivity index is 1.68. The van der Waals surface area contributed by atoms with Gasteiger partial charge in [0, 0.05) is 25.3 Å². The molecule has 2 heterocycles. The Morgan fingerprint density at radius 1 is 1.32 bits per heavy atom. The molecule has 0 N–H and O–H groups in total. The first-order chi connectivity index (χ1) is 10.7. The van der Waals surface area contributed by atoms with E-state index in [9.17, 15) is 4.79 Å². The lowest BCUT2D eigenvalue weighted by Gasteiger charge is -2.24. The first-order valence-electron chi connectivity index (χ1n) is 8.00. The van der Waals surface area contributed by atoms with Crippen LogP contribution >= 0.6 is 0 Å². The van der Waals surface area contributed by atoms with E-state index in [0.29, 0.717) is 6.04 Å². The highest BCUT2D eigenvalue weighted by Gasteiger charge is 2.30. The number of carbonyl (C=O) groups is 1. The number of amides is 1. The van der Waals surface area contributed by atoms with E-state index in [1.807, 2.05) is 24.9 Å². The Morgan fingerprint density at radius 2 is 2.09 bits per heavy atom. The van der Waals surface area contributed by atoms with Crippen LogP contribution in [0.2, 0.25) is 0 Å². The van der Waals surface area contributed by atoms with E-state index in [2.05, 4.69) is 29.4 Å². The molecule has 1 amide bonds. The van der Waals surface area contributed by atoms with Gasteiger partial charge in [-0.2, -0.15) is 5.10 Å². The SMILES string of the molecule is Cc1c(C(=O)N2CCC[C@H]2CCc2ccccc2)cnn1C. The van der Waals surface area contributed by atoms with Gasteiger partial charge < -0.3 is 4.90 Å². The summed E-state index contributed by atoms with van der Waals surface area (Å²) in [5, 5.41) is 4.20. The van der Waals surface area contributed by atoms with Crippen molar-refractivity contribution in [1.82, 2.24) is 14.7 Å². The van der Waals surface area contributed by atoms with E-state index in [4.69, 9.17) is 0 Å². The zero-order chi connectivity index (χ0) is 15.5. The van der Waals surface area contributed by atoms with Crippen LogP contribution in [0.5, 0.6) is 0 Å². The van der Waals surface area contributed by atoms with Crippen LogP contribution in [0.25, 0.3) is 0 Å². The van der Waals surface area contributed by atoms with Gasteiger partial charge in [-0.1, -0.05) is 30.3 Å². The molecule has 116 valence electrons. The van der Waals surface area contributed by atoms with Crippen molar-refractivity contribution in [3.63, 3.8) is 0 Å². The van der Waals surface area contributed by atoms with Crippen LogP contribution in [-0.2, 0) is 13.5 Å². The Morgan fingerprint density at radius 3 is 2.77 bits per heavy atom. The van der Waals surface area contributed by atoms with Crippen molar-refractivity contribution in [3.05, 3.63) is 53.3 Å². The smallest absolute Gasteiger partial charge is 0.257 e.